The minimum Gasteiger partial charge on any atom is -0.396 e. The van der Waals surface area contributed by atoms with E-state index in [1.54, 1.807) is 45.0 Å². The third-order valence-electron chi connectivity index (χ3n) is 19.8. The minimum atomic E-state index is -4.56. The summed E-state index contributed by atoms with van der Waals surface area (Å²) in [5.74, 6) is -1.27. The summed E-state index contributed by atoms with van der Waals surface area (Å²) in [4.78, 5) is 93.6. The summed E-state index contributed by atoms with van der Waals surface area (Å²) in [7, 11) is 5.32. The number of hydrogen-bond acceptors (Lipinski definition) is 11. The standard InChI is InChI=1S/C25H27F3N4O2.2C24H25F3N4O3/c1-4-5-13-32-20-10-9-17(24(2)12-11-21(33)31(24)3)15-19(20)29-23(32)30-22(34)16-7-6-8-18(14-16)25(26,27)28;2*1-23(10-9-20(33)30(23)2)16-7-8-19-18(14-16)28-22(31(19)11-4-12-32)29-21(34)15-5-3-6-17(13-15)24(25,26)27/h6-10,14-15H,4-5,11-13H2,1-3H3,(H,29,30,34);2*3,5-8,13-14,32H,4,9-12H2,1-2H3,(H,28,29,34). The van der Waals surface area contributed by atoms with E-state index in [9.17, 15) is 78.5 Å². The highest BCUT2D eigenvalue weighted by atomic mass is 19.4. The number of aliphatic hydroxyl groups is 2. The van der Waals surface area contributed by atoms with Crippen molar-refractivity contribution in [3.63, 3.8) is 0 Å². The summed E-state index contributed by atoms with van der Waals surface area (Å²) in [5.41, 5.74) is 2.25. The van der Waals surface area contributed by atoms with Crippen LogP contribution in [0.4, 0.5) is 57.4 Å². The Bertz CT molecular complexity index is 4220. The lowest BCUT2D eigenvalue weighted by Gasteiger charge is -2.32. The van der Waals surface area contributed by atoms with E-state index >= 15 is 0 Å². The third-order valence-corrected chi connectivity index (χ3v) is 19.8. The number of carbonyl (C=O) groups is 6. The fourth-order valence-corrected chi connectivity index (χ4v) is 13.1. The normalized spacial score (nSPS) is 18.6. The number of nitrogens with zero attached hydrogens (tertiary/aromatic N) is 9. The number of imidazole rings is 3. The third kappa shape index (κ3) is 15.4. The van der Waals surface area contributed by atoms with E-state index in [2.05, 4.69) is 30.9 Å². The molecule has 6 aromatic carbocycles. The van der Waals surface area contributed by atoms with Crippen LogP contribution in [-0.2, 0) is 69.2 Å². The van der Waals surface area contributed by atoms with Gasteiger partial charge < -0.3 is 38.6 Å². The summed E-state index contributed by atoms with van der Waals surface area (Å²) in [6.45, 7) is 9.17. The molecule has 12 rings (SSSR count). The van der Waals surface area contributed by atoms with Crippen molar-refractivity contribution in [2.24, 2.45) is 0 Å². The number of unbranched alkanes of at least 4 members (excludes halogenated alkanes) is 1. The number of anilines is 3. The first-order valence-corrected chi connectivity index (χ1v) is 33.1. The zero-order valence-electron chi connectivity index (χ0n) is 57.0. The van der Waals surface area contributed by atoms with E-state index in [4.69, 9.17) is 0 Å². The van der Waals surface area contributed by atoms with Gasteiger partial charge in [-0.15, -0.1) is 0 Å². The van der Waals surface area contributed by atoms with Crippen molar-refractivity contribution >= 4 is 86.4 Å². The number of aliphatic hydroxyl groups excluding tert-OH is 2. The fraction of sp³-hybridized carbons (Fsp3) is 0.384. The average Bonchev–Trinajstić information content (AvgIpc) is 1.62. The van der Waals surface area contributed by atoms with Gasteiger partial charge in [-0.2, -0.15) is 39.5 Å². The van der Waals surface area contributed by atoms with Gasteiger partial charge in [0, 0.05) is 89.9 Å². The highest BCUT2D eigenvalue weighted by Gasteiger charge is 2.44. The lowest BCUT2D eigenvalue weighted by Crippen LogP contribution is -2.37. The Hall–Kier alpha value is -10.2. The van der Waals surface area contributed by atoms with Crippen molar-refractivity contribution in [1.82, 2.24) is 43.4 Å². The second-order valence-electron chi connectivity index (χ2n) is 26.2. The van der Waals surface area contributed by atoms with Gasteiger partial charge in [-0.1, -0.05) is 49.7 Å². The molecule has 3 aromatic heterocycles. The number of halogens is 9. The molecule has 3 aliphatic heterocycles. The molecule has 0 radical (unpaired) electrons. The maximum atomic E-state index is 13.1. The predicted octanol–water partition coefficient (Wildman–Crippen LogP) is 13.9. The van der Waals surface area contributed by atoms with Gasteiger partial charge in [-0.05, 0) is 167 Å². The molecule has 3 aliphatic rings. The molecule has 29 heteroatoms. The van der Waals surface area contributed by atoms with Gasteiger partial charge in [0.15, 0.2) is 0 Å². The van der Waals surface area contributed by atoms with E-state index in [0.717, 1.165) is 71.4 Å². The zero-order valence-corrected chi connectivity index (χ0v) is 57.0. The number of benzene rings is 6. The Kier molecular flexibility index (Phi) is 21.5. The monoisotopic (exact) mass is 1420 g/mol. The summed E-state index contributed by atoms with van der Waals surface area (Å²) >= 11 is 0. The minimum absolute atomic E-state index is 0.0603. The zero-order chi connectivity index (χ0) is 74.0. The molecule has 0 aliphatic carbocycles. The lowest BCUT2D eigenvalue weighted by atomic mass is 9.89. The Morgan fingerprint density at radius 1 is 0.431 bits per heavy atom. The topological polar surface area (TPSA) is 242 Å². The number of aryl methyl sites for hydroxylation is 3. The van der Waals surface area contributed by atoms with Crippen LogP contribution in [0.1, 0.15) is 156 Å². The van der Waals surface area contributed by atoms with Crippen LogP contribution in [0.3, 0.4) is 0 Å². The van der Waals surface area contributed by atoms with Crippen LogP contribution in [-0.4, -0.2) is 123 Å². The van der Waals surface area contributed by atoms with Crippen LogP contribution in [0.15, 0.2) is 127 Å². The molecule has 3 saturated heterocycles. The number of alkyl halides is 9. The molecular formula is C73H77F9N12O8. The fourth-order valence-electron chi connectivity index (χ4n) is 13.1. The lowest BCUT2D eigenvalue weighted by molar-refractivity contribution is -0.138. The van der Waals surface area contributed by atoms with Crippen molar-refractivity contribution in [2.45, 2.75) is 147 Å². The van der Waals surface area contributed by atoms with Crippen LogP contribution >= 0.6 is 0 Å². The van der Waals surface area contributed by atoms with Crippen LogP contribution in [0.2, 0.25) is 0 Å². The molecule has 20 nitrogen and oxygen atoms in total. The number of carbonyl (C=O) groups excluding carboxylic acids is 6. The Labute approximate surface area is 580 Å². The molecule has 6 heterocycles. The van der Waals surface area contributed by atoms with Gasteiger partial charge in [0.1, 0.15) is 0 Å². The van der Waals surface area contributed by atoms with Crippen LogP contribution in [0, 0.1) is 0 Å². The highest BCUT2D eigenvalue weighted by molar-refractivity contribution is 6.06. The first-order valence-electron chi connectivity index (χ1n) is 33.1. The highest BCUT2D eigenvalue weighted by Crippen LogP contribution is 2.43. The van der Waals surface area contributed by atoms with E-state index in [0.29, 0.717) is 98.6 Å². The van der Waals surface area contributed by atoms with Crippen molar-refractivity contribution in [2.75, 3.05) is 50.3 Å². The Morgan fingerprint density at radius 3 is 0.941 bits per heavy atom. The maximum absolute atomic E-state index is 13.1. The smallest absolute Gasteiger partial charge is 0.396 e. The van der Waals surface area contributed by atoms with Crippen molar-refractivity contribution in [1.29, 1.82) is 0 Å². The second kappa shape index (κ2) is 29.4. The molecule has 3 unspecified atom stereocenters. The molecular weight excluding hydrogens is 1340 g/mol. The van der Waals surface area contributed by atoms with Gasteiger partial charge >= 0.3 is 18.5 Å². The SMILES string of the molecule is CCCCn1c(NC(=O)c2cccc(C(F)(F)F)c2)nc2cc(C3(C)CCC(=O)N3C)ccc21.CN1C(=O)CCC1(C)c1ccc2c(c1)nc(NC(=O)c1cccc(C(F)(F)F)c1)n2CCCO.CN1C(=O)CCC1(C)c1ccc2c(c1)nc(NC(=O)c1cccc(C(F)(F)F)c1)n2CCCO. The molecule has 0 saturated carbocycles. The predicted molar refractivity (Wildman–Crippen MR) is 364 cm³/mol. The van der Waals surface area contributed by atoms with E-state index in [1.165, 1.54) is 36.4 Å². The number of nitrogens with one attached hydrogen (secondary N) is 3. The summed E-state index contributed by atoms with van der Waals surface area (Å²) in [6, 6.07) is 29.7. The maximum Gasteiger partial charge on any atom is 0.416 e. The van der Waals surface area contributed by atoms with E-state index < -0.39 is 69.6 Å². The van der Waals surface area contributed by atoms with Gasteiger partial charge in [-0.25, -0.2) is 15.0 Å². The quantitative estimate of drug-likeness (QED) is 0.0506. The summed E-state index contributed by atoms with van der Waals surface area (Å²) < 4.78 is 123. The number of rotatable bonds is 18. The van der Waals surface area contributed by atoms with E-state index in [1.807, 2.05) is 86.9 Å². The number of likely N-dealkylation sites (tertiary alicyclic amines) is 3. The molecule has 3 fully saturated rings. The van der Waals surface area contributed by atoms with Crippen LogP contribution in [0.25, 0.3) is 33.1 Å². The molecule has 6 amide bonds. The van der Waals surface area contributed by atoms with Crippen molar-refractivity contribution in [3.05, 3.63) is 177 Å². The molecule has 0 spiro atoms. The van der Waals surface area contributed by atoms with Crippen molar-refractivity contribution < 1.29 is 78.5 Å². The molecule has 5 N–H and O–H groups in total. The second-order valence-corrected chi connectivity index (χ2v) is 26.2. The summed E-state index contributed by atoms with van der Waals surface area (Å²) in [5, 5.41) is 26.5. The number of hydrogen-bond donors (Lipinski definition) is 5. The van der Waals surface area contributed by atoms with Gasteiger partial charge in [0.25, 0.3) is 17.7 Å². The molecule has 3 atom stereocenters. The van der Waals surface area contributed by atoms with Gasteiger partial charge in [0.2, 0.25) is 35.6 Å². The number of fused-ring (bicyclic) bond motifs is 3. The number of aromatic nitrogens is 6. The van der Waals surface area contributed by atoms with Gasteiger partial charge in [0.05, 0.1) is 66.4 Å². The van der Waals surface area contributed by atoms with Crippen LogP contribution in [0.5, 0.6) is 0 Å². The average molecular weight is 1420 g/mol. The Balaban J connectivity index is 0.000000165. The first kappa shape index (κ1) is 74.5. The van der Waals surface area contributed by atoms with E-state index in [-0.39, 0.29) is 65.5 Å². The number of amides is 6. The molecule has 0 bridgehead atoms. The summed E-state index contributed by atoms with van der Waals surface area (Å²) in [6.07, 6.45) is -7.69. The van der Waals surface area contributed by atoms with Crippen molar-refractivity contribution in [3.8, 4) is 0 Å². The molecule has 102 heavy (non-hydrogen) atoms. The van der Waals surface area contributed by atoms with Crippen LogP contribution < -0.4 is 16.0 Å². The first-order chi connectivity index (χ1) is 48.1. The van der Waals surface area contributed by atoms with Gasteiger partial charge in [-0.3, -0.25) is 44.7 Å². The largest absolute Gasteiger partial charge is 0.416 e. The Morgan fingerprint density at radius 2 is 0.706 bits per heavy atom. The molecule has 9 aromatic rings. The molecule has 540 valence electrons.